The number of hydrogen-bond acceptors (Lipinski definition) is 6. The summed E-state index contributed by atoms with van der Waals surface area (Å²) in [6.45, 7) is 2.30. The molecule has 1 aliphatic heterocycles. The quantitative estimate of drug-likeness (QED) is 0.533. The maximum Gasteiger partial charge on any atom is 0.355 e. The summed E-state index contributed by atoms with van der Waals surface area (Å²) in [5, 5.41) is 4.97. The first kappa shape index (κ1) is 20.6. The van der Waals surface area contributed by atoms with E-state index >= 15 is 0 Å². The van der Waals surface area contributed by atoms with Crippen molar-refractivity contribution in [3.8, 4) is 0 Å². The van der Waals surface area contributed by atoms with Crippen molar-refractivity contribution in [2.45, 2.75) is 25.8 Å². The number of esters is 1. The zero-order valence-electron chi connectivity index (χ0n) is 15.2. The van der Waals surface area contributed by atoms with Crippen LogP contribution in [0.1, 0.15) is 25.8 Å². The number of hydrogen-bond donors (Lipinski definition) is 2. The number of sulfone groups is 1. The number of carbonyl (C=O) groups excluding carboxylic acids is 3. The van der Waals surface area contributed by atoms with Crippen molar-refractivity contribution in [3.05, 3.63) is 41.6 Å². The molecule has 1 fully saturated rings. The Labute approximate surface area is 157 Å². The highest BCUT2D eigenvalue weighted by Gasteiger charge is 2.39. The second-order valence-electron chi connectivity index (χ2n) is 6.68. The molecular weight excluding hydrogens is 372 g/mol. The minimum atomic E-state index is -3.17. The predicted molar refractivity (Wildman–Crippen MR) is 99.0 cm³/mol. The summed E-state index contributed by atoms with van der Waals surface area (Å²) in [7, 11) is -3.17. The zero-order valence-corrected chi connectivity index (χ0v) is 16.0. The molecule has 0 saturated carbocycles. The van der Waals surface area contributed by atoms with Crippen LogP contribution in [0.25, 0.3) is 6.08 Å². The van der Waals surface area contributed by atoms with E-state index in [2.05, 4.69) is 10.6 Å². The molecule has 27 heavy (non-hydrogen) atoms. The van der Waals surface area contributed by atoms with E-state index in [-0.39, 0.29) is 17.2 Å². The Morgan fingerprint density at radius 1 is 1.22 bits per heavy atom. The molecule has 1 saturated heterocycles. The van der Waals surface area contributed by atoms with E-state index in [0.29, 0.717) is 12.0 Å². The first-order valence-corrected chi connectivity index (χ1v) is 10.1. The lowest BCUT2D eigenvalue weighted by atomic mass is 10.0. The highest BCUT2D eigenvalue weighted by molar-refractivity contribution is 7.91. The van der Waals surface area contributed by atoms with Crippen LogP contribution >= 0.6 is 0 Å². The van der Waals surface area contributed by atoms with Crippen molar-refractivity contribution in [2.75, 3.05) is 18.1 Å². The predicted octanol–water partition coefficient (Wildman–Crippen LogP) is 0.400. The van der Waals surface area contributed by atoms with Gasteiger partial charge in [-0.05, 0) is 25.0 Å². The third-order valence-electron chi connectivity index (χ3n) is 3.92. The molecule has 1 aromatic carbocycles. The van der Waals surface area contributed by atoms with Gasteiger partial charge in [0.25, 0.3) is 5.91 Å². The van der Waals surface area contributed by atoms with Gasteiger partial charge < -0.3 is 15.4 Å². The molecule has 1 heterocycles. The van der Waals surface area contributed by atoms with Crippen molar-refractivity contribution in [1.29, 1.82) is 0 Å². The van der Waals surface area contributed by atoms with E-state index in [0.717, 1.165) is 0 Å². The minimum Gasteiger partial charge on any atom is -0.451 e. The number of carbonyl (C=O) groups is 3. The van der Waals surface area contributed by atoms with E-state index in [1.807, 2.05) is 6.07 Å². The third kappa shape index (κ3) is 6.52. The summed E-state index contributed by atoms with van der Waals surface area (Å²) < 4.78 is 28.1. The second-order valence-corrected chi connectivity index (χ2v) is 8.86. The van der Waals surface area contributed by atoms with Crippen LogP contribution in [0.3, 0.4) is 0 Å². The van der Waals surface area contributed by atoms with Crippen LogP contribution in [0.2, 0.25) is 0 Å². The van der Waals surface area contributed by atoms with Gasteiger partial charge in [-0.1, -0.05) is 30.3 Å². The first-order valence-electron chi connectivity index (χ1n) is 8.31. The summed E-state index contributed by atoms with van der Waals surface area (Å²) in [5.74, 6) is -2.07. The van der Waals surface area contributed by atoms with Crippen LogP contribution in [-0.2, 0) is 29.0 Å². The largest absolute Gasteiger partial charge is 0.451 e. The standard InChI is InChI=1S/C18H22N2O6S/c1-13(21)19-15(10-14-6-4-3-5-7-14)17(23)26-11-16(22)20-18(2)8-9-27(24,25)12-18/h3-7,10H,8-9,11-12H2,1-2H3,(H,19,21)(H,20,22)/b15-10-/t18-/m1/s1. The van der Waals surface area contributed by atoms with Gasteiger partial charge >= 0.3 is 5.97 Å². The molecule has 146 valence electrons. The number of nitrogens with one attached hydrogen (secondary N) is 2. The fourth-order valence-electron chi connectivity index (χ4n) is 2.74. The monoisotopic (exact) mass is 394 g/mol. The summed E-state index contributed by atoms with van der Waals surface area (Å²) in [4.78, 5) is 35.6. The molecule has 1 atom stereocenters. The molecule has 0 aromatic heterocycles. The Morgan fingerprint density at radius 3 is 2.44 bits per heavy atom. The summed E-state index contributed by atoms with van der Waals surface area (Å²) in [5.41, 5.74) is -0.301. The van der Waals surface area contributed by atoms with Gasteiger partial charge in [0.15, 0.2) is 16.4 Å². The van der Waals surface area contributed by atoms with Crippen LogP contribution in [0.4, 0.5) is 0 Å². The minimum absolute atomic E-state index is 0.00998. The number of benzene rings is 1. The van der Waals surface area contributed by atoms with Gasteiger partial charge in [0.1, 0.15) is 5.70 Å². The van der Waals surface area contributed by atoms with Gasteiger partial charge in [0, 0.05) is 6.92 Å². The average molecular weight is 394 g/mol. The molecule has 8 nitrogen and oxygen atoms in total. The fourth-order valence-corrected chi connectivity index (χ4v) is 4.84. The van der Waals surface area contributed by atoms with Crippen LogP contribution < -0.4 is 10.6 Å². The normalized spacial score (nSPS) is 21.3. The van der Waals surface area contributed by atoms with E-state index in [4.69, 9.17) is 4.74 Å². The van der Waals surface area contributed by atoms with Gasteiger partial charge in [-0.25, -0.2) is 13.2 Å². The summed E-state index contributed by atoms with van der Waals surface area (Å²) >= 11 is 0. The average Bonchev–Trinajstić information content (AvgIpc) is 2.85. The second kappa shape index (κ2) is 8.34. The molecule has 0 radical (unpaired) electrons. The smallest absolute Gasteiger partial charge is 0.355 e. The topological polar surface area (TPSA) is 119 Å². The molecule has 0 unspecified atom stereocenters. The molecule has 9 heteroatoms. The molecule has 0 bridgehead atoms. The van der Waals surface area contributed by atoms with E-state index in [9.17, 15) is 22.8 Å². The fraction of sp³-hybridized carbons (Fsp3) is 0.389. The Bertz CT molecular complexity index is 863. The van der Waals surface area contributed by atoms with E-state index in [1.54, 1.807) is 31.2 Å². The highest BCUT2D eigenvalue weighted by atomic mass is 32.2. The molecule has 0 aliphatic carbocycles. The molecule has 2 rings (SSSR count). The van der Waals surface area contributed by atoms with E-state index in [1.165, 1.54) is 13.0 Å². The highest BCUT2D eigenvalue weighted by Crippen LogP contribution is 2.22. The third-order valence-corrected chi connectivity index (χ3v) is 5.82. The van der Waals surface area contributed by atoms with Gasteiger partial charge in [-0.2, -0.15) is 0 Å². The number of ether oxygens (including phenoxy) is 1. The summed E-state index contributed by atoms with van der Waals surface area (Å²) in [6.07, 6.45) is 1.74. The molecule has 0 spiro atoms. The van der Waals surface area contributed by atoms with Crippen molar-refractivity contribution >= 4 is 33.7 Å². The van der Waals surface area contributed by atoms with Gasteiger partial charge in [0.2, 0.25) is 5.91 Å². The number of rotatable bonds is 6. The maximum atomic E-state index is 12.2. The summed E-state index contributed by atoms with van der Waals surface area (Å²) in [6, 6.07) is 8.83. The lowest BCUT2D eigenvalue weighted by Crippen LogP contribution is -2.48. The van der Waals surface area contributed by atoms with Crippen LogP contribution in [0.15, 0.2) is 36.0 Å². The van der Waals surface area contributed by atoms with E-state index < -0.39 is 39.8 Å². The Hall–Kier alpha value is -2.68. The molecular formula is C18H22N2O6S. The van der Waals surface area contributed by atoms with Crippen molar-refractivity contribution in [1.82, 2.24) is 10.6 Å². The van der Waals surface area contributed by atoms with Gasteiger partial charge in [0.05, 0.1) is 17.0 Å². The van der Waals surface area contributed by atoms with Crippen LogP contribution in [0, 0.1) is 0 Å². The van der Waals surface area contributed by atoms with Crippen molar-refractivity contribution < 1.29 is 27.5 Å². The maximum absolute atomic E-state index is 12.2. The van der Waals surface area contributed by atoms with Gasteiger partial charge in [-0.3, -0.25) is 9.59 Å². The molecule has 1 aromatic rings. The van der Waals surface area contributed by atoms with Crippen LogP contribution in [0.5, 0.6) is 0 Å². The lowest BCUT2D eigenvalue weighted by molar-refractivity contribution is -0.146. The molecule has 2 N–H and O–H groups in total. The Kier molecular flexibility index (Phi) is 6.37. The molecule has 2 amide bonds. The van der Waals surface area contributed by atoms with Crippen molar-refractivity contribution in [2.24, 2.45) is 0 Å². The SMILES string of the molecule is CC(=O)N/C(=C\c1ccccc1)C(=O)OCC(=O)N[C@]1(C)CCS(=O)(=O)C1. The van der Waals surface area contributed by atoms with Crippen molar-refractivity contribution in [3.63, 3.8) is 0 Å². The Morgan fingerprint density at radius 2 is 1.89 bits per heavy atom. The van der Waals surface area contributed by atoms with Crippen LogP contribution in [-0.4, -0.2) is 49.9 Å². The Balaban J connectivity index is 1.98. The van der Waals surface area contributed by atoms with Gasteiger partial charge in [-0.15, -0.1) is 0 Å². The number of amides is 2. The molecule has 1 aliphatic rings. The first-order chi connectivity index (χ1) is 12.6. The lowest BCUT2D eigenvalue weighted by Gasteiger charge is -2.23. The zero-order chi connectivity index (χ0) is 20.1.